The third kappa shape index (κ3) is 3.36. The first-order valence-corrected chi connectivity index (χ1v) is 8.87. The van der Waals surface area contributed by atoms with Gasteiger partial charge in [-0.05, 0) is 42.7 Å². The van der Waals surface area contributed by atoms with E-state index in [4.69, 9.17) is 0 Å². The van der Waals surface area contributed by atoms with Gasteiger partial charge in [0, 0.05) is 5.92 Å². The molecule has 1 aliphatic rings. The number of aromatic nitrogens is 2. The number of amides is 2. The molecule has 6 nitrogen and oxygen atoms in total. The summed E-state index contributed by atoms with van der Waals surface area (Å²) in [5.74, 6) is -0.280. The minimum Gasteiger partial charge on any atom is -0.325 e. The Kier molecular flexibility index (Phi) is 3.93. The van der Waals surface area contributed by atoms with Gasteiger partial charge in [0.05, 0.1) is 11.3 Å². The van der Waals surface area contributed by atoms with E-state index in [0.717, 1.165) is 28.6 Å². The van der Waals surface area contributed by atoms with Crippen LogP contribution in [0.2, 0.25) is 0 Å². The van der Waals surface area contributed by atoms with Crippen LogP contribution in [0.3, 0.4) is 0 Å². The lowest BCUT2D eigenvalue weighted by Gasteiger charge is -2.12. The van der Waals surface area contributed by atoms with Gasteiger partial charge >= 0.3 is 0 Å². The molecule has 0 unspecified atom stereocenters. The molecule has 0 saturated heterocycles. The average Bonchev–Trinajstić information content (AvgIpc) is 3.37. The number of nitrogens with zero attached hydrogens (tertiary/aromatic N) is 2. The van der Waals surface area contributed by atoms with Crippen molar-refractivity contribution in [3.05, 3.63) is 47.0 Å². The summed E-state index contributed by atoms with van der Waals surface area (Å²) >= 11 is 1.31. The molecule has 1 fully saturated rings. The molecule has 126 valence electrons. The summed E-state index contributed by atoms with van der Waals surface area (Å²) in [6, 6.07) is 11.4. The van der Waals surface area contributed by atoms with E-state index in [-0.39, 0.29) is 17.7 Å². The van der Waals surface area contributed by atoms with Gasteiger partial charge in [-0.3, -0.25) is 14.9 Å². The normalized spacial score (nSPS) is 13.6. The number of aryl methyl sites for hydroxylation is 1. The highest BCUT2D eigenvalue weighted by Gasteiger charge is 2.30. The zero-order valence-corrected chi connectivity index (χ0v) is 14.4. The van der Waals surface area contributed by atoms with Crippen molar-refractivity contribution >= 4 is 44.7 Å². The minimum atomic E-state index is -0.312. The molecule has 7 heteroatoms. The Morgan fingerprint density at radius 3 is 2.44 bits per heavy atom. The summed E-state index contributed by atoms with van der Waals surface area (Å²) in [6.45, 7) is 1.82. The van der Waals surface area contributed by atoms with E-state index in [2.05, 4.69) is 20.8 Å². The molecule has 0 bridgehead atoms. The fourth-order valence-corrected chi connectivity index (χ4v) is 3.21. The number of carbonyl (C=O) groups is 2. The monoisotopic (exact) mass is 352 g/mol. The number of anilines is 2. The van der Waals surface area contributed by atoms with Crippen LogP contribution in [0.4, 0.5) is 10.8 Å². The third-order valence-electron chi connectivity index (χ3n) is 4.08. The summed E-state index contributed by atoms with van der Waals surface area (Å²) < 4.78 is 0. The van der Waals surface area contributed by atoms with E-state index in [1.165, 1.54) is 11.3 Å². The number of fused-ring (bicyclic) bond motifs is 1. The topological polar surface area (TPSA) is 84.0 Å². The summed E-state index contributed by atoms with van der Waals surface area (Å²) in [5, 5.41) is 16.6. The van der Waals surface area contributed by atoms with Gasteiger partial charge in [0.2, 0.25) is 11.0 Å². The first-order chi connectivity index (χ1) is 12.1. The molecule has 2 aromatic carbocycles. The highest BCUT2D eigenvalue weighted by Crippen LogP contribution is 2.32. The van der Waals surface area contributed by atoms with Crippen LogP contribution < -0.4 is 10.6 Å². The second-order valence-corrected chi connectivity index (χ2v) is 7.27. The number of benzene rings is 2. The van der Waals surface area contributed by atoms with Crippen LogP contribution in [-0.2, 0) is 4.79 Å². The Bertz CT molecular complexity index is 978. The van der Waals surface area contributed by atoms with Crippen molar-refractivity contribution in [1.82, 2.24) is 10.2 Å². The van der Waals surface area contributed by atoms with E-state index in [1.807, 2.05) is 37.3 Å². The van der Waals surface area contributed by atoms with Crippen LogP contribution in [0.1, 0.15) is 28.2 Å². The van der Waals surface area contributed by atoms with Crippen molar-refractivity contribution in [1.29, 1.82) is 0 Å². The van der Waals surface area contributed by atoms with Crippen LogP contribution in [0.25, 0.3) is 10.8 Å². The lowest BCUT2D eigenvalue weighted by atomic mass is 10.0. The zero-order chi connectivity index (χ0) is 17.4. The van der Waals surface area contributed by atoms with Crippen LogP contribution >= 0.6 is 11.3 Å². The standard InChI is InChI=1S/C18H16N4O2S/c1-10-21-22-18(25-10)20-17(24)14-8-12-4-2-3-5-13(12)9-15(14)19-16(23)11-6-7-11/h2-5,8-9,11H,6-7H2,1H3,(H,19,23)(H,20,22,24). The number of hydrogen-bond donors (Lipinski definition) is 2. The van der Waals surface area contributed by atoms with Gasteiger partial charge in [0.25, 0.3) is 5.91 Å². The SMILES string of the molecule is Cc1nnc(NC(=O)c2cc3ccccc3cc2NC(=O)C2CC2)s1. The second kappa shape index (κ2) is 6.25. The van der Waals surface area contributed by atoms with E-state index >= 15 is 0 Å². The largest absolute Gasteiger partial charge is 0.325 e. The highest BCUT2D eigenvalue weighted by atomic mass is 32.1. The van der Waals surface area contributed by atoms with Crippen molar-refractivity contribution < 1.29 is 9.59 Å². The molecule has 0 spiro atoms. The Hall–Kier alpha value is -2.80. The first-order valence-electron chi connectivity index (χ1n) is 8.05. The van der Waals surface area contributed by atoms with E-state index in [0.29, 0.717) is 16.4 Å². The van der Waals surface area contributed by atoms with E-state index < -0.39 is 0 Å². The summed E-state index contributed by atoms with van der Waals surface area (Å²) in [4.78, 5) is 24.9. The molecular formula is C18H16N4O2S. The lowest BCUT2D eigenvalue weighted by molar-refractivity contribution is -0.117. The molecule has 2 amide bonds. The number of nitrogens with one attached hydrogen (secondary N) is 2. The lowest BCUT2D eigenvalue weighted by Crippen LogP contribution is -2.19. The molecule has 3 aromatic rings. The summed E-state index contributed by atoms with van der Waals surface area (Å²) in [7, 11) is 0. The Morgan fingerprint density at radius 1 is 1.08 bits per heavy atom. The van der Waals surface area contributed by atoms with Crippen molar-refractivity contribution in [2.24, 2.45) is 5.92 Å². The van der Waals surface area contributed by atoms with Gasteiger partial charge in [-0.25, -0.2) is 0 Å². The maximum Gasteiger partial charge on any atom is 0.259 e. The van der Waals surface area contributed by atoms with E-state index in [1.54, 1.807) is 6.07 Å². The smallest absolute Gasteiger partial charge is 0.259 e. The first kappa shape index (κ1) is 15.7. The van der Waals surface area contributed by atoms with Crippen LogP contribution in [-0.4, -0.2) is 22.0 Å². The quantitative estimate of drug-likeness (QED) is 0.751. The molecule has 1 saturated carbocycles. The molecule has 2 N–H and O–H groups in total. The zero-order valence-electron chi connectivity index (χ0n) is 13.6. The predicted octanol–water partition coefficient (Wildman–Crippen LogP) is 3.60. The van der Waals surface area contributed by atoms with Crippen molar-refractivity contribution in [2.75, 3.05) is 10.6 Å². The van der Waals surface area contributed by atoms with Gasteiger partial charge in [0.15, 0.2) is 0 Å². The molecule has 4 rings (SSSR count). The van der Waals surface area contributed by atoms with Gasteiger partial charge < -0.3 is 5.32 Å². The fourth-order valence-electron chi connectivity index (χ4n) is 2.62. The Morgan fingerprint density at radius 2 is 1.80 bits per heavy atom. The maximum absolute atomic E-state index is 12.7. The van der Waals surface area contributed by atoms with Crippen molar-refractivity contribution in [3.8, 4) is 0 Å². The molecule has 1 heterocycles. The Labute approximate surface area is 148 Å². The molecule has 25 heavy (non-hydrogen) atoms. The molecule has 0 aliphatic heterocycles. The van der Waals surface area contributed by atoms with Crippen molar-refractivity contribution in [3.63, 3.8) is 0 Å². The Balaban J connectivity index is 1.70. The van der Waals surface area contributed by atoms with Gasteiger partial charge in [0.1, 0.15) is 5.01 Å². The molecule has 0 radical (unpaired) electrons. The third-order valence-corrected chi connectivity index (χ3v) is 4.84. The van der Waals surface area contributed by atoms with Crippen molar-refractivity contribution in [2.45, 2.75) is 19.8 Å². The summed E-state index contributed by atoms with van der Waals surface area (Å²) in [5.41, 5.74) is 0.940. The van der Waals surface area contributed by atoms with Crippen LogP contribution in [0, 0.1) is 12.8 Å². The second-order valence-electron chi connectivity index (χ2n) is 6.09. The molecule has 1 aliphatic carbocycles. The molecule has 0 atom stereocenters. The highest BCUT2D eigenvalue weighted by molar-refractivity contribution is 7.15. The van der Waals surface area contributed by atoms with E-state index in [9.17, 15) is 9.59 Å². The maximum atomic E-state index is 12.7. The number of carbonyl (C=O) groups excluding carboxylic acids is 2. The van der Waals surface area contributed by atoms with Gasteiger partial charge in [-0.2, -0.15) is 0 Å². The minimum absolute atomic E-state index is 0.0314. The van der Waals surface area contributed by atoms with Gasteiger partial charge in [-0.15, -0.1) is 10.2 Å². The number of hydrogen-bond acceptors (Lipinski definition) is 5. The molecule has 1 aromatic heterocycles. The van der Waals surface area contributed by atoms with Crippen LogP contribution in [0.15, 0.2) is 36.4 Å². The fraction of sp³-hybridized carbons (Fsp3) is 0.222. The average molecular weight is 352 g/mol. The number of rotatable bonds is 4. The summed E-state index contributed by atoms with van der Waals surface area (Å²) in [6.07, 6.45) is 1.82. The predicted molar refractivity (Wildman–Crippen MR) is 97.9 cm³/mol. The van der Waals surface area contributed by atoms with Crippen LogP contribution in [0.5, 0.6) is 0 Å². The van der Waals surface area contributed by atoms with Gasteiger partial charge in [-0.1, -0.05) is 35.6 Å². The molecular weight excluding hydrogens is 336 g/mol.